The summed E-state index contributed by atoms with van der Waals surface area (Å²) in [5.74, 6) is 0.176. The van der Waals surface area contributed by atoms with Crippen molar-refractivity contribution in [2.75, 3.05) is 19.6 Å². The summed E-state index contributed by atoms with van der Waals surface area (Å²) in [5, 5.41) is 27.1. The van der Waals surface area contributed by atoms with Gasteiger partial charge in [-0.1, -0.05) is 0 Å². The second kappa shape index (κ2) is 6.96. The summed E-state index contributed by atoms with van der Waals surface area (Å²) in [7, 11) is 0. The van der Waals surface area contributed by atoms with Crippen LogP contribution in [0.25, 0.3) is 22.2 Å². The molecule has 7 nitrogen and oxygen atoms in total. The average Bonchev–Trinajstić information content (AvgIpc) is 3.02. The number of aromatic nitrogens is 2. The molecule has 1 N–H and O–H groups in total. The minimum atomic E-state index is -0.318. The van der Waals surface area contributed by atoms with Crippen LogP contribution in [0.15, 0.2) is 30.3 Å². The molecule has 0 saturated carbocycles. The Labute approximate surface area is 162 Å². The fourth-order valence-electron chi connectivity index (χ4n) is 3.51. The molecule has 4 rings (SSSR count). The molecule has 0 amide bonds. The predicted molar refractivity (Wildman–Crippen MR) is 106 cm³/mol. The Balaban J connectivity index is 1.89. The normalized spacial score (nSPS) is 12.6. The van der Waals surface area contributed by atoms with Crippen LogP contribution in [0.3, 0.4) is 0 Å². The SMILES string of the molecule is CCN(CC)CCn1nc2c3c(c([N+](=O)[O-])ccc31)[Se]c1cc(O)ccc1-2. The molecule has 1 aliphatic rings. The van der Waals surface area contributed by atoms with Crippen molar-refractivity contribution in [1.82, 2.24) is 14.7 Å². The molecule has 0 unspecified atom stereocenters. The van der Waals surface area contributed by atoms with Gasteiger partial charge in [-0.25, -0.2) is 0 Å². The molecule has 140 valence electrons. The summed E-state index contributed by atoms with van der Waals surface area (Å²) in [6.07, 6.45) is 0. The Kier molecular flexibility index (Phi) is 4.63. The van der Waals surface area contributed by atoms with Crippen molar-refractivity contribution in [2.45, 2.75) is 20.4 Å². The van der Waals surface area contributed by atoms with Gasteiger partial charge in [0.2, 0.25) is 0 Å². The Bertz CT molecular complexity index is 1040. The zero-order valence-electron chi connectivity index (χ0n) is 15.2. The van der Waals surface area contributed by atoms with E-state index < -0.39 is 0 Å². The summed E-state index contributed by atoms with van der Waals surface area (Å²) in [4.78, 5) is 13.6. The van der Waals surface area contributed by atoms with E-state index in [2.05, 4.69) is 18.7 Å². The molecular weight excluding hydrogens is 411 g/mol. The molecular formula is C19H20N4O3Se. The molecule has 0 atom stereocenters. The number of phenols is 1. The first kappa shape index (κ1) is 18.0. The van der Waals surface area contributed by atoms with E-state index >= 15 is 0 Å². The topological polar surface area (TPSA) is 84.4 Å². The van der Waals surface area contributed by atoms with Crippen molar-refractivity contribution in [3.63, 3.8) is 0 Å². The quantitative estimate of drug-likeness (QED) is 0.285. The van der Waals surface area contributed by atoms with Gasteiger partial charge in [0, 0.05) is 0 Å². The number of hydrogen-bond acceptors (Lipinski definition) is 5. The van der Waals surface area contributed by atoms with E-state index in [4.69, 9.17) is 5.10 Å². The van der Waals surface area contributed by atoms with Crippen LogP contribution in [-0.2, 0) is 6.54 Å². The molecule has 3 aromatic rings. The predicted octanol–water partition coefficient (Wildman–Crippen LogP) is 1.63. The molecule has 0 aliphatic carbocycles. The molecule has 0 radical (unpaired) electrons. The van der Waals surface area contributed by atoms with E-state index in [0.29, 0.717) is 0 Å². The van der Waals surface area contributed by atoms with E-state index in [0.717, 1.165) is 57.3 Å². The van der Waals surface area contributed by atoms with Gasteiger partial charge < -0.3 is 0 Å². The molecule has 27 heavy (non-hydrogen) atoms. The third-order valence-corrected chi connectivity index (χ3v) is 7.47. The first-order valence-electron chi connectivity index (χ1n) is 8.95. The van der Waals surface area contributed by atoms with Crippen LogP contribution in [-0.4, -0.2) is 59.3 Å². The molecule has 8 heteroatoms. The van der Waals surface area contributed by atoms with Crippen molar-refractivity contribution in [3.8, 4) is 17.0 Å². The number of rotatable bonds is 6. The zero-order valence-corrected chi connectivity index (χ0v) is 16.9. The summed E-state index contributed by atoms with van der Waals surface area (Å²) in [6.45, 7) is 7.84. The van der Waals surface area contributed by atoms with Gasteiger partial charge in [-0.05, 0) is 0 Å². The fraction of sp³-hybridized carbons (Fsp3) is 0.316. The molecule has 0 bridgehead atoms. The van der Waals surface area contributed by atoms with Gasteiger partial charge >= 0.3 is 163 Å². The number of benzene rings is 2. The second-order valence-corrected chi connectivity index (χ2v) is 8.65. The molecule has 1 aliphatic heterocycles. The van der Waals surface area contributed by atoms with Gasteiger partial charge in [0.1, 0.15) is 0 Å². The Morgan fingerprint density at radius 1 is 1.26 bits per heavy atom. The molecule has 0 spiro atoms. The van der Waals surface area contributed by atoms with E-state index in [1.165, 1.54) is 0 Å². The van der Waals surface area contributed by atoms with Gasteiger partial charge in [-0.3, -0.25) is 0 Å². The third kappa shape index (κ3) is 3.00. The summed E-state index contributed by atoms with van der Waals surface area (Å²) >= 11 is -0.254. The van der Waals surface area contributed by atoms with E-state index in [-0.39, 0.29) is 31.3 Å². The number of phenolic OH excluding ortho intramolecular Hbond substituents is 1. The molecule has 2 aromatic carbocycles. The monoisotopic (exact) mass is 432 g/mol. The fourth-order valence-corrected chi connectivity index (χ4v) is 6.08. The maximum absolute atomic E-state index is 11.6. The third-order valence-electron chi connectivity index (χ3n) is 5.00. The first-order chi connectivity index (χ1) is 13.0. The van der Waals surface area contributed by atoms with Gasteiger partial charge in [0.05, 0.1) is 0 Å². The zero-order chi connectivity index (χ0) is 19.1. The summed E-state index contributed by atoms with van der Waals surface area (Å²) < 4.78 is 3.64. The Morgan fingerprint density at radius 2 is 2.04 bits per heavy atom. The van der Waals surface area contributed by atoms with Crippen molar-refractivity contribution in [1.29, 1.82) is 0 Å². The van der Waals surface area contributed by atoms with Crippen molar-refractivity contribution >= 4 is 40.5 Å². The van der Waals surface area contributed by atoms with Crippen molar-refractivity contribution in [3.05, 3.63) is 40.4 Å². The maximum atomic E-state index is 11.6. The van der Waals surface area contributed by atoms with Gasteiger partial charge in [-0.2, -0.15) is 0 Å². The second-order valence-electron chi connectivity index (χ2n) is 6.45. The van der Waals surface area contributed by atoms with Crippen molar-refractivity contribution in [2.24, 2.45) is 0 Å². The van der Waals surface area contributed by atoms with Crippen LogP contribution in [0.1, 0.15) is 13.8 Å². The standard InChI is InChI=1S/C19H20N4O3Se/c1-3-21(4-2)9-10-22-14-7-8-15(23(25)26)19-17(14)18(20-22)13-6-5-12(24)11-16(13)27-19/h5-8,11,24H,3-4,9-10H2,1-2H3. The number of hydrogen-bond donors (Lipinski definition) is 1. The summed E-state index contributed by atoms with van der Waals surface area (Å²) in [5.41, 5.74) is 2.83. The van der Waals surface area contributed by atoms with Gasteiger partial charge in [0.15, 0.2) is 0 Å². The van der Waals surface area contributed by atoms with Crippen LogP contribution >= 0.6 is 0 Å². The number of likely N-dealkylation sites (N-methyl/N-ethyl adjacent to an activating group) is 1. The van der Waals surface area contributed by atoms with Gasteiger partial charge in [-0.15, -0.1) is 0 Å². The van der Waals surface area contributed by atoms with E-state index in [9.17, 15) is 15.2 Å². The molecule has 0 saturated heterocycles. The van der Waals surface area contributed by atoms with Crippen LogP contribution < -0.4 is 8.92 Å². The van der Waals surface area contributed by atoms with Crippen molar-refractivity contribution < 1.29 is 10.0 Å². The van der Waals surface area contributed by atoms with Crippen LogP contribution in [0, 0.1) is 10.1 Å². The Morgan fingerprint density at radius 3 is 2.74 bits per heavy atom. The number of nitrogens with zero attached hydrogens (tertiary/aromatic N) is 4. The van der Waals surface area contributed by atoms with Crippen LogP contribution in [0.2, 0.25) is 0 Å². The molecule has 2 heterocycles. The Hall–Kier alpha value is -2.41. The molecule has 0 fully saturated rings. The first-order valence-corrected chi connectivity index (χ1v) is 10.7. The average molecular weight is 431 g/mol. The number of nitro benzene ring substituents is 1. The van der Waals surface area contributed by atoms with Crippen LogP contribution in [0.5, 0.6) is 5.75 Å². The summed E-state index contributed by atoms with van der Waals surface area (Å²) in [6, 6.07) is 8.63. The number of fused-ring (bicyclic) bond motifs is 2. The number of aromatic hydroxyl groups is 1. The van der Waals surface area contributed by atoms with Gasteiger partial charge in [0.25, 0.3) is 0 Å². The van der Waals surface area contributed by atoms with Crippen LogP contribution in [0.4, 0.5) is 5.69 Å². The minimum absolute atomic E-state index is 0.140. The van der Waals surface area contributed by atoms with E-state index in [1.807, 2.05) is 16.8 Å². The number of nitro groups is 1. The molecule has 1 aromatic heterocycles. The van der Waals surface area contributed by atoms with E-state index in [1.54, 1.807) is 18.2 Å².